The van der Waals surface area contributed by atoms with Crippen molar-refractivity contribution >= 4 is 50.1 Å². The summed E-state index contributed by atoms with van der Waals surface area (Å²) in [7, 11) is 0. The van der Waals surface area contributed by atoms with Crippen LogP contribution in [0.1, 0.15) is 42.2 Å². The van der Waals surface area contributed by atoms with Crippen LogP contribution in [0, 0.1) is 13.8 Å². The first-order valence-corrected chi connectivity index (χ1v) is 10.5. The molecule has 4 aromatic rings. The molecule has 0 spiro atoms. The highest BCUT2D eigenvalue weighted by Crippen LogP contribution is 2.32. The first kappa shape index (κ1) is 19.1. The van der Waals surface area contributed by atoms with Gasteiger partial charge in [0.1, 0.15) is 0 Å². The average Bonchev–Trinajstić information content (AvgIpc) is 3.28. The topological polar surface area (TPSA) is 79.4 Å². The fourth-order valence-corrected chi connectivity index (χ4v) is 4.52. The molecule has 0 aliphatic carbocycles. The lowest BCUT2D eigenvalue weighted by Crippen LogP contribution is -2.30. The molecule has 1 aromatic heterocycles. The van der Waals surface area contributed by atoms with Crippen LogP contribution in [0.3, 0.4) is 0 Å². The van der Waals surface area contributed by atoms with Gasteiger partial charge in [-0.1, -0.05) is 35.6 Å². The molecule has 0 radical (unpaired) electrons. The van der Waals surface area contributed by atoms with Gasteiger partial charge in [0.05, 0.1) is 27.0 Å². The number of anilines is 2. The van der Waals surface area contributed by atoms with Gasteiger partial charge in [-0.05, 0) is 61.4 Å². The van der Waals surface area contributed by atoms with Crippen molar-refractivity contribution in [1.29, 1.82) is 0 Å². The molecule has 152 valence electrons. The maximum absolute atomic E-state index is 13.1. The molecule has 5 rings (SSSR count). The molecule has 0 saturated carbocycles. The molecule has 1 aliphatic rings. The van der Waals surface area contributed by atoms with Crippen molar-refractivity contribution in [2.24, 2.45) is 0 Å². The van der Waals surface area contributed by atoms with Crippen LogP contribution >= 0.6 is 11.3 Å². The van der Waals surface area contributed by atoms with Crippen LogP contribution in [-0.2, 0) is 0 Å². The Morgan fingerprint density at radius 3 is 2.52 bits per heavy atom. The Bertz CT molecular complexity index is 1370. The fourth-order valence-electron chi connectivity index (χ4n) is 3.66. The summed E-state index contributed by atoms with van der Waals surface area (Å²) in [5.41, 5.74) is 3.96. The molecular formula is C24H17N3O3S. The molecule has 6 nitrogen and oxygen atoms in total. The number of benzene rings is 3. The standard InChI is InChI=1S/C24H17N3O3S/c1-13-7-8-14(2)19(11-13)27-22(29)16-10-9-15(12-17(16)23(27)30)21(28)26-24-25-18-5-3-4-6-20(18)31-24/h3-12H,1-2H3,(H,25,26,28). The number of hydrogen-bond acceptors (Lipinski definition) is 5. The Balaban J connectivity index is 1.46. The molecule has 1 aliphatic heterocycles. The summed E-state index contributed by atoms with van der Waals surface area (Å²) in [5.74, 6) is -1.19. The van der Waals surface area contributed by atoms with Crippen LogP contribution in [0.2, 0.25) is 0 Å². The monoisotopic (exact) mass is 427 g/mol. The van der Waals surface area contributed by atoms with Crippen molar-refractivity contribution in [3.05, 3.63) is 88.5 Å². The summed E-state index contributed by atoms with van der Waals surface area (Å²) in [4.78, 5) is 44.4. The number of amides is 3. The van der Waals surface area contributed by atoms with E-state index in [-0.39, 0.29) is 17.4 Å². The van der Waals surface area contributed by atoms with Gasteiger partial charge in [0.2, 0.25) is 0 Å². The van der Waals surface area contributed by atoms with E-state index in [2.05, 4.69) is 10.3 Å². The van der Waals surface area contributed by atoms with E-state index in [0.29, 0.717) is 21.9 Å². The van der Waals surface area contributed by atoms with Gasteiger partial charge in [-0.3, -0.25) is 19.7 Å². The van der Waals surface area contributed by atoms with Gasteiger partial charge < -0.3 is 0 Å². The van der Waals surface area contributed by atoms with Crippen molar-refractivity contribution in [2.75, 3.05) is 10.2 Å². The van der Waals surface area contributed by atoms with Gasteiger partial charge >= 0.3 is 0 Å². The van der Waals surface area contributed by atoms with Gasteiger partial charge in [0.15, 0.2) is 5.13 Å². The van der Waals surface area contributed by atoms with Crippen LogP contribution in [0.5, 0.6) is 0 Å². The molecule has 7 heteroatoms. The number of nitrogens with one attached hydrogen (secondary N) is 1. The van der Waals surface area contributed by atoms with Crippen LogP contribution < -0.4 is 10.2 Å². The number of rotatable bonds is 3. The quantitative estimate of drug-likeness (QED) is 0.469. The number of thiazole rings is 1. The number of fused-ring (bicyclic) bond motifs is 2. The average molecular weight is 427 g/mol. The predicted octanol–water partition coefficient (Wildman–Crippen LogP) is 4.97. The lowest BCUT2D eigenvalue weighted by atomic mass is 10.1. The molecule has 3 amide bonds. The van der Waals surface area contributed by atoms with Gasteiger partial charge in [-0.25, -0.2) is 9.88 Å². The Kier molecular flexibility index (Phi) is 4.41. The zero-order valence-electron chi connectivity index (χ0n) is 16.8. The molecule has 3 aromatic carbocycles. The van der Waals surface area contributed by atoms with Crippen molar-refractivity contribution < 1.29 is 14.4 Å². The SMILES string of the molecule is Cc1ccc(C)c(N2C(=O)c3ccc(C(=O)Nc4nc5ccccc5s4)cc3C2=O)c1. The first-order chi connectivity index (χ1) is 14.9. The summed E-state index contributed by atoms with van der Waals surface area (Å²) in [5, 5.41) is 3.26. The van der Waals surface area contributed by atoms with E-state index >= 15 is 0 Å². The first-order valence-electron chi connectivity index (χ1n) is 9.69. The van der Waals surface area contributed by atoms with Gasteiger partial charge in [0, 0.05) is 5.56 Å². The fraction of sp³-hybridized carbons (Fsp3) is 0.0833. The normalized spacial score (nSPS) is 13.0. The van der Waals surface area contributed by atoms with Crippen LogP contribution in [0.25, 0.3) is 10.2 Å². The summed E-state index contributed by atoms with van der Waals surface area (Å²) >= 11 is 1.37. The van der Waals surface area contributed by atoms with E-state index in [1.165, 1.54) is 28.4 Å². The number of imide groups is 1. The lowest BCUT2D eigenvalue weighted by Gasteiger charge is -2.17. The molecule has 2 heterocycles. The maximum atomic E-state index is 13.1. The molecule has 31 heavy (non-hydrogen) atoms. The van der Waals surface area contributed by atoms with E-state index in [0.717, 1.165) is 21.3 Å². The highest BCUT2D eigenvalue weighted by molar-refractivity contribution is 7.22. The Hall–Kier alpha value is -3.84. The maximum Gasteiger partial charge on any atom is 0.266 e. The summed E-state index contributed by atoms with van der Waals surface area (Å²) < 4.78 is 0.969. The Morgan fingerprint density at radius 1 is 0.935 bits per heavy atom. The van der Waals surface area contributed by atoms with Crippen molar-refractivity contribution in [3.63, 3.8) is 0 Å². The van der Waals surface area contributed by atoms with Gasteiger partial charge in [-0.15, -0.1) is 0 Å². The third kappa shape index (κ3) is 3.19. The van der Waals surface area contributed by atoms with E-state index in [4.69, 9.17) is 0 Å². The minimum atomic E-state index is -0.427. The highest BCUT2D eigenvalue weighted by Gasteiger charge is 2.37. The summed E-state index contributed by atoms with van der Waals surface area (Å²) in [6.45, 7) is 3.76. The van der Waals surface area contributed by atoms with Crippen LogP contribution in [0.15, 0.2) is 60.7 Å². The third-order valence-corrected chi connectivity index (χ3v) is 6.22. The van der Waals surface area contributed by atoms with Gasteiger partial charge in [-0.2, -0.15) is 0 Å². The summed E-state index contributed by atoms with van der Waals surface area (Å²) in [6.07, 6.45) is 0. The molecule has 0 atom stereocenters. The van der Waals surface area contributed by atoms with Crippen molar-refractivity contribution in [1.82, 2.24) is 4.98 Å². The predicted molar refractivity (Wildman–Crippen MR) is 121 cm³/mol. The third-order valence-electron chi connectivity index (χ3n) is 5.27. The van der Waals surface area contributed by atoms with E-state index < -0.39 is 5.91 Å². The van der Waals surface area contributed by atoms with Crippen molar-refractivity contribution in [3.8, 4) is 0 Å². The van der Waals surface area contributed by atoms with Gasteiger partial charge in [0.25, 0.3) is 17.7 Å². The molecule has 0 bridgehead atoms. The molecule has 0 saturated heterocycles. The smallest absolute Gasteiger partial charge is 0.266 e. The van der Waals surface area contributed by atoms with E-state index in [1.54, 1.807) is 6.07 Å². The number of carbonyl (C=O) groups excluding carboxylic acids is 3. The van der Waals surface area contributed by atoms with Crippen molar-refractivity contribution in [2.45, 2.75) is 13.8 Å². The number of hydrogen-bond donors (Lipinski definition) is 1. The number of aryl methyl sites for hydroxylation is 2. The number of nitrogens with zero attached hydrogens (tertiary/aromatic N) is 2. The second-order valence-corrected chi connectivity index (χ2v) is 8.47. The molecular weight excluding hydrogens is 410 g/mol. The van der Waals surface area contributed by atoms with E-state index in [9.17, 15) is 14.4 Å². The minimum absolute atomic E-state index is 0.225. The number of carbonyl (C=O) groups is 3. The second kappa shape index (κ2) is 7.14. The molecule has 1 N–H and O–H groups in total. The highest BCUT2D eigenvalue weighted by atomic mass is 32.1. The summed E-state index contributed by atoms with van der Waals surface area (Å²) in [6, 6.07) is 17.8. The molecule has 0 fully saturated rings. The lowest BCUT2D eigenvalue weighted by molar-refractivity contribution is 0.0925. The largest absolute Gasteiger partial charge is 0.298 e. The minimum Gasteiger partial charge on any atom is -0.298 e. The zero-order chi connectivity index (χ0) is 21.7. The Morgan fingerprint density at radius 2 is 1.71 bits per heavy atom. The van der Waals surface area contributed by atoms with Crippen LogP contribution in [0.4, 0.5) is 10.8 Å². The van der Waals surface area contributed by atoms with E-state index in [1.807, 2.05) is 56.3 Å². The second-order valence-electron chi connectivity index (χ2n) is 7.44. The Labute approximate surface area is 182 Å². The molecule has 0 unspecified atom stereocenters. The number of para-hydroxylation sites is 1. The number of aromatic nitrogens is 1. The zero-order valence-corrected chi connectivity index (χ0v) is 17.6. The van der Waals surface area contributed by atoms with Crippen LogP contribution in [-0.4, -0.2) is 22.7 Å².